The van der Waals surface area contributed by atoms with Crippen molar-refractivity contribution in [2.24, 2.45) is 0 Å². The summed E-state index contributed by atoms with van der Waals surface area (Å²) in [6.45, 7) is 1.86. The highest BCUT2D eigenvalue weighted by Crippen LogP contribution is 2.47. The molecule has 0 bridgehead atoms. The summed E-state index contributed by atoms with van der Waals surface area (Å²) in [6.07, 6.45) is 1.17. The molecule has 0 saturated heterocycles. The van der Waals surface area contributed by atoms with Gasteiger partial charge in [0.1, 0.15) is 5.75 Å². The number of phenolic OH excluding ortho intramolecular Hbond substituents is 1. The number of rotatable bonds is 2. The Bertz CT molecular complexity index is 980. The number of dihydropyridines is 1. The quantitative estimate of drug-likeness (QED) is 0.833. The zero-order valence-electron chi connectivity index (χ0n) is 14.3. The van der Waals surface area contributed by atoms with Gasteiger partial charge in [-0.05, 0) is 30.9 Å². The molecule has 2 aliphatic rings. The topological polar surface area (TPSA) is 73.1 Å². The van der Waals surface area contributed by atoms with E-state index in [1.165, 1.54) is 4.88 Å². The molecule has 2 heterocycles. The molecule has 2 aromatic rings. The van der Waals surface area contributed by atoms with Gasteiger partial charge in [0.2, 0.25) is 0 Å². The molecule has 0 amide bonds. The standard InChI is InChI=1S/C21H18N2O2S/c1-12-15(11-22)20(14-5-2-3-6-17(14)24)21-16(23-12)9-13(10-18(21)25)19-7-4-8-26-19/h2-8,13,20,23-24H,9-10H2,1H3. The van der Waals surface area contributed by atoms with Crippen LogP contribution in [0.3, 0.4) is 0 Å². The Labute approximate surface area is 156 Å². The molecule has 0 saturated carbocycles. The lowest BCUT2D eigenvalue weighted by molar-refractivity contribution is -0.116. The number of carbonyl (C=O) groups excluding carboxylic acids is 1. The van der Waals surface area contributed by atoms with Crippen LogP contribution in [0.4, 0.5) is 0 Å². The molecule has 130 valence electrons. The maximum absolute atomic E-state index is 13.1. The van der Waals surface area contributed by atoms with Crippen molar-refractivity contribution in [1.82, 2.24) is 5.32 Å². The third-order valence-corrected chi connectivity index (χ3v) is 6.18. The lowest BCUT2D eigenvalue weighted by Crippen LogP contribution is -2.33. The number of hydrogen-bond acceptors (Lipinski definition) is 5. The van der Waals surface area contributed by atoms with Gasteiger partial charge in [0.15, 0.2) is 5.78 Å². The van der Waals surface area contributed by atoms with Crippen molar-refractivity contribution in [3.05, 3.63) is 74.8 Å². The number of para-hydroxylation sites is 1. The summed E-state index contributed by atoms with van der Waals surface area (Å²) in [5, 5.41) is 25.4. The number of carbonyl (C=O) groups is 1. The predicted octanol–water partition coefficient (Wildman–Crippen LogP) is 4.34. The van der Waals surface area contributed by atoms with E-state index in [4.69, 9.17) is 0 Å². The Hall–Kier alpha value is -2.84. The smallest absolute Gasteiger partial charge is 0.162 e. The number of nitrogens with zero attached hydrogens (tertiary/aromatic N) is 1. The number of ketones is 1. The van der Waals surface area contributed by atoms with Crippen molar-refractivity contribution in [3.63, 3.8) is 0 Å². The van der Waals surface area contributed by atoms with Crippen molar-refractivity contribution >= 4 is 17.1 Å². The highest BCUT2D eigenvalue weighted by Gasteiger charge is 2.39. The minimum atomic E-state index is -0.505. The molecule has 0 radical (unpaired) electrons. The Morgan fingerprint density at radius 3 is 2.73 bits per heavy atom. The highest BCUT2D eigenvalue weighted by atomic mass is 32.1. The molecule has 5 heteroatoms. The van der Waals surface area contributed by atoms with E-state index < -0.39 is 5.92 Å². The van der Waals surface area contributed by atoms with Crippen molar-refractivity contribution < 1.29 is 9.90 Å². The molecule has 2 unspecified atom stereocenters. The van der Waals surface area contributed by atoms with E-state index in [0.29, 0.717) is 23.1 Å². The Balaban J connectivity index is 1.83. The Morgan fingerprint density at radius 1 is 1.23 bits per heavy atom. The summed E-state index contributed by atoms with van der Waals surface area (Å²) in [6, 6.07) is 13.3. The summed E-state index contributed by atoms with van der Waals surface area (Å²) >= 11 is 1.67. The zero-order valence-corrected chi connectivity index (χ0v) is 15.1. The summed E-state index contributed by atoms with van der Waals surface area (Å²) in [5.41, 5.74) is 3.36. The average molecular weight is 362 g/mol. The SMILES string of the molecule is CC1=C(C#N)C(c2ccccc2O)C2=C(CC(c3cccs3)CC2=O)N1. The summed E-state index contributed by atoms with van der Waals surface area (Å²) in [5.74, 6) is -0.185. The second kappa shape index (κ2) is 6.47. The molecular formula is C21H18N2O2S. The molecule has 1 aromatic heterocycles. The number of allylic oxidation sites excluding steroid dienone is 4. The van der Waals surface area contributed by atoms with Crippen molar-refractivity contribution in [1.29, 1.82) is 5.26 Å². The molecule has 0 spiro atoms. The van der Waals surface area contributed by atoms with E-state index in [0.717, 1.165) is 17.8 Å². The number of Topliss-reactive ketones (excluding diaryl/α,β-unsaturated/α-hetero) is 1. The van der Waals surface area contributed by atoms with Gasteiger partial charge in [-0.25, -0.2) is 0 Å². The predicted molar refractivity (Wildman–Crippen MR) is 101 cm³/mol. The molecule has 4 nitrogen and oxygen atoms in total. The van der Waals surface area contributed by atoms with E-state index in [1.54, 1.807) is 29.5 Å². The minimum absolute atomic E-state index is 0.0469. The fraction of sp³-hybridized carbons (Fsp3) is 0.238. The monoisotopic (exact) mass is 362 g/mol. The first kappa shape index (κ1) is 16.6. The van der Waals surface area contributed by atoms with E-state index in [9.17, 15) is 15.2 Å². The third kappa shape index (κ3) is 2.63. The van der Waals surface area contributed by atoms with E-state index in [-0.39, 0.29) is 17.5 Å². The van der Waals surface area contributed by atoms with Crippen LogP contribution in [0.25, 0.3) is 0 Å². The number of benzene rings is 1. The van der Waals surface area contributed by atoms with Gasteiger partial charge in [-0.15, -0.1) is 11.3 Å². The Kier molecular flexibility index (Phi) is 4.14. The minimum Gasteiger partial charge on any atom is -0.508 e. The third-order valence-electron chi connectivity index (χ3n) is 5.14. The number of thiophene rings is 1. The van der Waals surface area contributed by atoms with Gasteiger partial charge in [-0.3, -0.25) is 4.79 Å². The second-order valence-corrected chi connectivity index (χ2v) is 7.68. The van der Waals surface area contributed by atoms with Crippen LogP contribution in [0, 0.1) is 11.3 Å². The van der Waals surface area contributed by atoms with Crippen LogP contribution in [0.15, 0.2) is 64.3 Å². The van der Waals surface area contributed by atoms with Gasteiger partial charge in [0.25, 0.3) is 0 Å². The molecule has 1 aliphatic heterocycles. The summed E-state index contributed by atoms with van der Waals surface area (Å²) in [7, 11) is 0. The van der Waals surface area contributed by atoms with Gasteiger partial charge in [0.05, 0.1) is 17.6 Å². The van der Waals surface area contributed by atoms with Crippen LogP contribution in [-0.2, 0) is 4.79 Å². The van der Waals surface area contributed by atoms with Crippen molar-refractivity contribution in [3.8, 4) is 11.8 Å². The van der Waals surface area contributed by atoms with E-state index in [1.807, 2.05) is 24.4 Å². The fourth-order valence-electron chi connectivity index (χ4n) is 3.95. The van der Waals surface area contributed by atoms with E-state index in [2.05, 4.69) is 17.5 Å². The van der Waals surface area contributed by atoms with Crippen LogP contribution in [0.1, 0.15) is 42.0 Å². The number of phenols is 1. The molecule has 1 aromatic carbocycles. The first-order chi connectivity index (χ1) is 12.6. The van der Waals surface area contributed by atoms with Crippen molar-refractivity contribution in [2.45, 2.75) is 31.6 Å². The van der Waals surface area contributed by atoms with Crippen LogP contribution >= 0.6 is 11.3 Å². The Morgan fingerprint density at radius 2 is 2.04 bits per heavy atom. The lowest BCUT2D eigenvalue weighted by Gasteiger charge is -2.35. The second-order valence-electron chi connectivity index (χ2n) is 6.70. The normalized spacial score (nSPS) is 22.7. The maximum atomic E-state index is 13.1. The molecule has 2 atom stereocenters. The molecular weight excluding hydrogens is 344 g/mol. The molecule has 0 fully saturated rings. The lowest BCUT2D eigenvalue weighted by atomic mass is 9.73. The first-order valence-corrected chi connectivity index (χ1v) is 9.43. The van der Waals surface area contributed by atoms with Crippen LogP contribution in [0.5, 0.6) is 5.75 Å². The fourth-order valence-corrected chi connectivity index (χ4v) is 4.78. The van der Waals surface area contributed by atoms with Crippen molar-refractivity contribution in [2.75, 3.05) is 0 Å². The molecule has 26 heavy (non-hydrogen) atoms. The molecule has 1 aliphatic carbocycles. The molecule has 4 rings (SSSR count). The largest absolute Gasteiger partial charge is 0.508 e. The number of hydrogen-bond donors (Lipinski definition) is 2. The van der Waals surface area contributed by atoms with Gasteiger partial charge in [0, 0.05) is 39.7 Å². The van der Waals surface area contributed by atoms with Gasteiger partial charge in [-0.2, -0.15) is 5.26 Å². The van der Waals surface area contributed by atoms with Crippen LogP contribution < -0.4 is 5.32 Å². The van der Waals surface area contributed by atoms with E-state index >= 15 is 0 Å². The molecule has 2 N–H and O–H groups in total. The number of aromatic hydroxyl groups is 1. The first-order valence-electron chi connectivity index (χ1n) is 8.55. The number of nitriles is 1. The zero-order chi connectivity index (χ0) is 18.3. The van der Waals surface area contributed by atoms with Gasteiger partial charge >= 0.3 is 0 Å². The van der Waals surface area contributed by atoms with Crippen LogP contribution in [-0.4, -0.2) is 10.9 Å². The van der Waals surface area contributed by atoms with Gasteiger partial charge in [-0.1, -0.05) is 24.3 Å². The van der Waals surface area contributed by atoms with Crippen LogP contribution in [0.2, 0.25) is 0 Å². The average Bonchev–Trinajstić information content (AvgIpc) is 3.15. The summed E-state index contributed by atoms with van der Waals surface area (Å²) in [4.78, 5) is 14.3. The van der Waals surface area contributed by atoms with Gasteiger partial charge < -0.3 is 10.4 Å². The number of nitrogens with one attached hydrogen (secondary N) is 1. The highest BCUT2D eigenvalue weighted by molar-refractivity contribution is 7.10. The summed E-state index contributed by atoms with van der Waals surface area (Å²) < 4.78 is 0. The maximum Gasteiger partial charge on any atom is 0.162 e.